The van der Waals surface area contributed by atoms with E-state index in [-0.39, 0.29) is 11.2 Å². The predicted molar refractivity (Wildman–Crippen MR) is 98.4 cm³/mol. The minimum atomic E-state index is -0.429. The lowest BCUT2D eigenvalue weighted by Crippen LogP contribution is -2.41. The molecule has 4 nitrogen and oxygen atoms in total. The van der Waals surface area contributed by atoms with E-state index in [1.165, 1.54) is 0 Å². The Balaban J connectivity index is 1.71. The maximum absolute atomic E-state index is 6.05. The summed E-state index contributed by atoms with van der Waals surface area (Å²) in [5.41, 5.74) is 1.23. The maximum Gasteiger partial charge on any atom is 0.496 e. The van der Waals surface area contributed by atoms with Crippen molar-refractivity contribution in [2.24, 2.45) is 0 Å². The number of aromatic nitrogens is 1. The van der Waals surface area contributed by atoms with Crippen LogP contribution in [-0.4, -0.2) is 23.3 Å². The third-order valence-electron chi connectivity index (χ3n) is 4.57. The van der Waals surface area contributed by atoms with Gasteiger partial charge in [-0.3, -0.25) is 0 Å². The third-order valence-corrected chi connectivity index (χ3v) is 5.14. The molecule has 0 saturated carbocycles. The van der Waals surface area contributed by atoms with Crippen molar-refractivity contribution in [3.8, 4) is 5.88 Å². The largest absolute Gasteiger partial charge is 0.496 e. The molecule has 2 heterocycles. The molecule has 1 aliphatic heterocycles. The number of pyridine rings is 1. The lowest BCUT2D eigenvalue weighted by Gasteiger charge is -2.32. The van der Waals surface area contributed by atoms with E-state index in [1.807, 2.05) is 64.1 Å². The highest BCUT2D eigenvalue weighted by molar-refractivity contribution is 9.10. The summed E-state index contributed by atoms with van der Waals surface area (Å²) in [4.78, 5) is 4.40. The molecule has 1 aromatic heterocycles. The normalized spacial score (nSPS) is 18.6. The fraction of sp³-hybridized carbons (Fsp3) is 0.389. The number of hydrogen-bond acceptors (Lipinski definition) is 4. The van der Waals surface area contributed by atoms with E-state index >= 15 is 0 Å². The number of rotatable bonds is 4. The van der Waals surface area contributed by atoms with E-state index in [1.54, 1.807) is 6.20 Å². The van der Waals surface area contributed by atoms with E-state index in [0.717, 1.165) is 15.5 Å². The Hall–Kier alpha value is -1.37. The van der Waals surface area contributed by atoms with Crippen molar-refractivity contribution >= 4 is 28.5 Å². The highest BCUT2D eigenvalue weighted by Gasteiger charge is 2.51. The van der Waals surface area contributed by atoms with Gasteiger partial charge in [0.15, 0.2) is 0 Å². The van der Waals surface area contributed by atoms with Crippen LogP contribution in [0.3, 0.4) is 0 Å². The van der Waals surface area contributed by atoms with Crippen LogP contribution in [-0.2, 0) is 15.9 Å². The summed E-state index contributed by atoms with van der Waals surface area (Å²) >= 11 is 3.53. The summed E-state index contributed by atoms with van der Waals surface area (Å²) in [5, 5.41) is 0. The molecule has 0 atom stereocenters. The minimum absolute atomic E-state index is 0.368. The van der Waals surface area contributed by atoms with Crippen molar-refractivity contribution in [2.75, 3.05) is 0 Å². The summed E-state index contributed by atoms with van der Waals surface area (Å²) in [6.07, 6.45) is 1.74. The lowest BCUT2D eigenvalue weighted by atomic mass is 9.80. The fourth-order valence-corrected chi connectivity index (χ4v) is 2.86. The Morgan fingerprint density at radius 3 is 2.29 bits per heavy atom. The molecular formula is C18H21BBrNO3. The van der Waals surface area contributed by atoms with Gasteiger partial charge in [-0.15, -0.1) is 0 Å². The van der Waals surface area contributed by atoms with Crippen LogP contribution in [0.1, 0.15) is 33.3 Å². The maximum atomic E-state index is 6.05. The molecule has 1 aromatic carbocycles. The van der Waals surface area contributed by atoms with E-state index in [9.17, 15) is 0 Å². The summed E-state index contributed by atoms with van der Waals surface area (Å²) in [6, 6.07) is 11.9. The molecule has 126 valence electrons. The first-order valence-corrected chi connectivity index (χ1v) is 8.76. The molecule has 0 spiro atoms. The summed E-state index contributed by atoms with van der Waals surface area (Å²) < 4.78 is 18.7. The van der Waals surface area contributed by atoms with Crippen molar-refractivity contribution in [3.05, 3.63) is 52.6 Å². The Labute approximate surface area is 151 Å². The molecule has 6 heteroatoms. The van der Waals surface area contributed by atoms with Crippen molar-refractivity contribution in [1.29, 1.82) is 0 Å². The fourth-order valence-electron chi connectivity index (χ4n) is 2.38. The van der Waals surface area contributed by atoms with Crippen LogP contribution in [0.5, 0.6) is 5.88 Å². The lowest BCUT2D eigenvalue weighted by molar-refractivity contribution is 0.00578. The monoisotopic (exact) mass is 389 g/mol. The second-order valence-electron chi connectivity index (χ2n) is 6.92. The van der Waals surface area contributed by atoms with Crippen molar-refractivity contribution in [2.45, 2.75) is 45.5 Å². The minimum Gasteiger partial charge on any atom is -0.472 e. The Kier molecular flexibility index (Phi) is 4.73. The molecule has 2 aromatic rings. The van der Waals surface area contributed by atoms with Gasteiger partial charge < -0.3 is 14.0 Å². The smallest absolute Gasteiger partial charge is 0.472 e. The van der Waals surface area contributed by atoms with E-state index in [0.29, 0.717) is 12.5 Å². The van der Waals surface area contributed by atoms with Gasteiger partial charge in [0.1, 0.15) is 6.61 Å². The Bertz CT molecular complexity index is 705. The highest BCUT2D eigenvalue weighted by atomic mass is 79.9. The summed E-state index contributed by atoms with van der Waals surface area (Å²) in [6.45, 7) is 8.61. The van der Waals surface area contributed by atoms with Gasteiger partial charge in [0.05, 0.1) is 15.7 Å². The summed E-state index contributed by atoms with van der Waals surface area (Å²) in [7, 11) is -0.429. The van der Waals surface area contributed by atoms with Gasteiger partial charge in [-0.05, 0) is 55.3 Å². The van der Waals surface area contributed by atoms with Gasteiger partial charge in [-0.2, -0.15) is 0 Å². The van der Waals surface area contributed by atoms with Gasteiger partial charge >= 0.3 is 7.12 Å². The zero-order valence-corrected chi connectivity index (χ0v) is 16.0. The number of nitrogens with zero attached hydrogens (tertiary/aromatic N) is 1. The van der Waals surface area contributed by atoms with E-state index in [2.05, 4.69) is 20.9 Å². The average molecular weight is 390 g/mol. The van der Waals surface area contributed by atoms with Crippen LogP contribution in [0.15, 0.2) is 47.1 Å². The van der Waals surface area contributed by atoms with Crippen molar-refractivity contribution in [1.82, 2.24) is 4.98 Å². The second kappa shape index (κ2) is 6.50. The van der Waals surface area contributed by atoms with Crippen LogP contribution in [0.4, 0.5) is 0 Å². The molecule has 0 radical (unpaired) electrons. The number of benzene rings is 1. The van der Waals surface area contributed by atoms with Crippen LogP contribution in [0, 0.1) is 0 Å². The molecule has 1 saturated heterocycles. The molecule has 3 rings (SSSR count). The van der Waals surface area contributed by atoms with Crippen LogP contribution < -0.4 is 10.2 Å². The van der Waals surface area contributed by atoms with Crippen LogP contribution in [0.25, 0.3) is 0 Å². The summed E-state index contributed by atoms with van der Waals surface area (Å²) in [5.74, 6) is 0.555. The molecule has 1 aliphatic rings. The molecule has 0 unspecified atom stereocenters. The number of halogens is 1. The molecule has 1 fully saturated rings. The van der Waals surface area contributed by atoms with Gasteiger partial charge in [-0.1, -0.05) is 30.3 Å². The molecular weight excluding hydrogens is 369 g/mol. The molecule has 0 amide bonds. The zero-order chi connectivity index (χ0) is 17.4. The topological polar surface area (TPSA) is 40.6 Å². The van der Waals surface area contributed by atoms with Crippen molar-refractivity contribution < 1.29 is 14.0 Å². The Morgan fingerprint density at radius 1 is 1.08 bits per heavy atom. The quantitative estimate of drug-likeness (QED) is 0.747. The first kappa shape index (κ1) is 17.5. The van der Waals surface area contributed by atoms with Crippen LogP contribution >= 0.6 is 15.9 Å². The first-order valence-electron chi connectivity index (χ1n) is 7.96. The second-order valence-corrected chi connectivity index (χ2v) is 7.77. The Morgan fingerprint density at radius 2 is 1.71 bits per heavy atom. The molecule has 0 N–H and O–H groups in total. The standard InChI is InChI=1S/C18H21BBrNO3/c1-17(2)18(3,4)24-19(23-17)14-10-15(20)16(21-11-14)22-12-13-8-6-5-7-9-13/h5-11H,12H2,1-4H3. The van der Waals surface area contributed by atoms with Crippen LogP contribution in [0.2, 0.25) is 0 Å². The van der Waals surface area contributed by atoms with E-state index in [4.69, 9.17) is 14.0 Å². The predicted octanol–water partition coefficient (Wildman–Crippen LogP) is 3.72. The molecule has 0 bridgehead atoms. The number of hydrogen-bond donors (Lipinski definition) is 0. The molecule has 24 heavy (non-hydrogen) atoms. The van der Waals surface area contributed by atoms with Gasteiger partial charge in [0.2, 0.25) is 5.88 Å². The molecule has 0 aliphatic carbocycles. The van der Waals surface area contributed by atoms with Crippen molar-refractivity contribution in [3.63, 3.8) is 0 Å². The first-order chi connectivity index (χ1) is 11.3. The van der Waals surface area contributed by atoms with Gasteiger partial charge in [0, 0.05) is 11.7 Å². The highest BCUT2D eigenvalue weighted by Crippen LogP contribution is 2.36. The SMILES string of the molecule is CC1(C)OB(c2cnc(OCc3ccccc3)c(Br)c2)OC1(C)C. The van der Waals surface area contributed by atoms with E-state index < -0.39 is 7.12 Å². The van der Waals surface area contributed by atoms with Gasteiger partial charge in [-0.25, -0.2) is 4.98 Å². The third kappa shape index (κ3) is 3.51. The number of ether oxygens (including phenoxy) is 1. The van der Waals surface area contributed by atoms with Gasteiger partial charge in [0.25, 0.3) is 0 Å². The average Bonchev–Trinajstić information content (AvgIpc) is 2.75. The zero-order valence-electron chi connectivity index (χ0n) is 14.4.